The molecule has 1 N–H and O–H groups in total. The molecule has 0 saturated carbocycles. The predicted octanol–water partition coefficient (Wildman–Crippen LogP) is 2.84. The van der Waals surface area contributed by atoms with Gasteiger partial charge in [-0.1, -0.05) is 6.07 Å². The number of carboxylic acid groups (broad SMARTS) is 1. The van der Waals surface area contributed by atoms with Gasteiger partial charge in [-0.3, -0.25) is 4.68 Å². The Morgan fingerprint density at radius 2 is 2.28 bits per heavy atom. The summed E-state index contributed by atoms with van der Waals surface area (Å²) in [6, 6.07) is 4.64. The van der Waals surface area contributed by atoms with Gasteiger partial charge in [-0.15, -0.1) is 0 Å². The number of halogens is 2. The smallest absolute Gasteiger partial charge is 0.339 e. The van der Waals surface area contributed by atoms with E-state index in [1.165, 1.54) is 16.9 Å². The lowest BCUT2D eigenvalue weighted by atomic mass is 10.2. The van der Waals surface area contributed by atoms with Crippen LogP contribution in [0.2, 0.25) is 0 Å². The first-order valence-electron chi connectivity index (χ1n) is 5.18. The molecule has 0 bridgehead atoms. The van der Waals surface area contributed by atoms with E-state index in [9.17, 15) is 9.18 Å². The van der Waals surface area contributed by atoms with Gasteiger partial charge in [-0.05, 0) is 40.5 Å². The molecule has 0 unspecified atom stereocenters. The average Bonchev–Trinajstić information content (AvgIpc) is 2.65. The van der Waals surface area contributed by atoms with Crippen LogP contribution in [-0.4, -0.2) is 20.9 Å². The van der Waals surface area contributed by atoms with Crippen LogP contribution in [0.5, 0.6) is 0 Å². The van der Waals surface area contributed by atoms with Crippen LogP contribution in [0.1, 0.15) is 21.6 Å². The topological polar surface area (TPSA) is 55.1 Å². The molecular weight excluding hydrogens is 303 g/mol. The van der Waals surface area contributed by atoms with Gasteiger partial charge >= 0.3 is 5.97 Å². The van der Waals surface area contributed by atoms with E-state index >= 15 is 0 Å². The van der Waals surface area contributed by atoms with E-state index in [0.29, 0.717) is 16.7 Å². The highest BCUT2D eigenvalue weighted by molar-refractivity contribution is 9.10. The number of aryl methyl sites for hydroxylation is 1. The highest BCUT2D eigenvalue weighted by atomic mass is 79.9. The Balaban J connectivity index is 2.26. The number of benzene rings is 1. The van der Waals surface area contributed by atoms with Gasteiger partial charge in [0.15, 0.2) is 0 Å². The summed E-state index contributed by atoms with van der Waals surface area (Å²) in [6.07, 6.45) is 1.47. The number of hydrogen-bond donors (Lipinski definition) is 1. The minimum Gasteiger partial charge on any atom is -0.478 e. The van der Waals surface area contributed by atoms with Crippen LogP contribution in [0.3, 0.4) is 0 Å². The maximum absolute atomic E-state index is 13.1. The van der Waals surface area contributed by atoms with Crippen molar-refractivity contribution >= 4 is 21.9 Å². The summed E-state index contributed by atoms with van der Waals surface area (Å²) in [7, 11) is 0. The summed E-state index contributed by atoms with van der Waals surface area (Å²) in [4.78, 5) is 10.9. The van der Waals surface area contributed by atoms with Crippen LogP contribution in [0.25, 0.3) is 0 Å². The molecule has 0 saturated heterocycles. The lowest BCUT2D eigenvalue weighted by Gasteiger charge is -2.03. The molecule has 1 aromatic carbocycles. The lowest BCUT2D eigenvalue weighted by Crippen LogP contribution is -2.01. The molecule has 94 valence electrons. The van der Waals surface area contributed by atoms with Crippen molar-refractivity contribution in [2.45, 2.75) is 13.5 Å². The van der Waals surface area contributed by atoms with Crippen LogP contribution < -0.4 is 0 Å². The van der Waals surface area contributed by atoms with Gasteiger partial charge in [0, 0.05) is 6.20 Å². The Labute approximate surface area is 111 Å². The molecule has 2 rings (SSSR count). The van der Waals surface area contributed by atoms with E-state index in [1.54, 1.807) is 19.1 Å². The normalized spacial score (nSPS) is 10.6. The quantitative estimate of drug-likeness (QED) is 0.948. The standard InChI is InChI=1S/C12H10BrFN2O2/c1-7-9(12(17)18)6-16(15-7)5-8-2-3-11(14)10(13)4-8/h2-4,6H,5H2,1H3,(H,17,18). The molecule has 18 heavy (non-hydrogen) atoms. The van der Waals surface area contributed by atoms with Gasteiger partial charge in [0.1, 0.15) is 11.4 Å². The molecule has 0 fully saturated rings. The number of aromatic carboxylic acids is 1. The second-order valence-electron chi connectivity index (χ2n) is 3.88. The largest absolute Gasteiger partial charge is 0.478 e. The maximum Gasteiger partial charge on any atom is 0.339 e. The minimum absolute atomic E-state index is 0.177. The highest BCUT2D eigenvalue weighted by Crippen LogP contribution is 2.17. The van der Waals surface area contributed by atoms with Crippen molar-refractivity contribution < 1.29 is 14.3 Å². The maximum atomic E-state index is 13.1. The minimum atomic E-state index is -1.00. The monoisotopic (exact) mass is 312 g/mol. The molecule has 6 heteroatoms. The molecular formula is C12H10BrFN2O2. The van der Waals surface area contributed by atoms with E-state index in [0.717, 1.165) is 5.56 Å². The fraction of sp³-hybridized carbons (Fsp3) is 0.167. The second-order valence-corrected chi connectivity index (χ2v) is 4.73. The van der Waals surface area contributed by atoms with Gasteiger partial charge in [-0.25, -0.2) is 9.18 Å². The Morgan fingerprint density at radius 3 is 2.83 bits per heavy atom. The van der Waals surface area contributed by atoms with E-state index in [-0.39, 0.29) is 11.4 Å². The number of carbonyl (C=O) groups is 1. The van der Waals surface area contributed by atoms with Crippen molar-refractivity contribution in [3.05, 3.63) is 51.5 Å². The molecule has 0 atom stereocenters. The predicted molar refractivity (Wildman–Crippen MR) is 67.1 cm³/mol. The third-order valence-electron chi connectivity index (χ3n) is 2.51. The zero-order valence-corrected chi connectivity index (χ0v) is 11.1. The zero-order chi connectivity index (χ0) is 13.3. The number of carboxylic acids is 1. The molecule has 0 aliphatic heterocycles. The fourth-order valence-corrected chi connectivity index (χ4v) is 2.06. The number of rotatable bonds is 3. The van der Waals surface area contributed by atoms with Crippen molar-refractivity contribution in [2.75, 3.05) is 0 Å². The SMILES string of the molecule is Cc1nn(Cc2ccc(F)c(Br)c2)cc1C(=O)O. The van der Waals surface area contributed by atoms with Gasteiger partial charge in [0.05, 0.1) is 16.7 Å². The summed E-state index contributed by atoms with van der Waals surface area (Å²) >= 11 is 3.10. The summed E-state index contributed by atoms with van der Waals surface area (Å²) in [5, 5.41) is 13.0. The van der Waals surface area contributed by atoms with Crippen LogP contribution in [0, 0.1) is 12.7 Å². The van der Waals surface area contributed by atoms with E-state index in [2.05, 4.69) is 21.0 Å². The lowest BCUT2D eigenvalue weighted by molar-refractivity contribution is 0.0696. The Kier molecular flexibility index (Phi) is 3.47. The van der Waals surface area contributed by atoms with Crippen molar-refractivity contribution in [1.82, 2.24) is 9.78 Å². The zero-order valence-electron chi connectivity index (χ0n) is 9.52. The van der Waals surface area contributed by atoms with Gasteiger partial charge in [0.2, 0.25) is 0 Å². The van der Waals surface area contributed by atoms with Crippen LogP contribution >= 0.6 is 15.9 Å². The Hall–Kier alpha value is -1.69. The van der Waals surface area contributed by atoms with Gasteiger partial charge in [0.25, 0.3) is 0 Å². The molecule has 0 spiro atoms. The summed E-state index contributed by atoms with van der Waals surface area (Å²) in [5.41, 5.74) is 1.47. The molecule has 2 aromatic rings. The summed E-state index contributed by atoms with van der Waals surface area (Å²) in [5.74, 6) is -1.33. The molecule has 1 heterocycles. The van der Waals surface area contributed by atoms with Crippen molar-refractivity contribution in [2.24, 2.45) is 0 Å². The fourth-order valence-electron chi connectivity index (χ4n) is 1.63. The number of hydrogen-bond acceptors (Lipinski definition) is 2. The average molecular weight is 313 g/mol. The first-order valence-corrected chi connectivity index (χ1v) is 5.98. The van der Waals surface area contributed by atoms with E-state index in [4.69, 9.17) is 5.11 Å². The summed E-state index contributed by atoms with van der Waals surface area (Å²) < 4.78 is 15.0. The first kappa shape index (κ1) is 12.8. The third kappa shape index (κ3) is 2.59. The molecule has 4 nitrogen and oxygen atoms in total. The van der Waals surface area contributed by atoms with Crippen molar-refractivity contribution in [3.8, 4) is 0 Å². The highest BCUT2D eigenvalue weighted by Gasteiger charge is 2.12. The second kappa shape index (κ2) is 4.89. The molecule has 1 aromatic heterocycles. The van der Waals surface area contributed by atoms with E-state index in [1.807, 2.05) is 0 Å². The Morgan fingerprint density at radius 1 is 1.56 bits per heavy atom. The molecule has 0 aliphatic rings. The van der Waals surface area contributed by atoms with Gasteiger partial charge < -0.3 is 5.11 Å². The Bertz CT molecular complexity index is 610. The molecule has 0 radical (unpaired) electrons. The number of nitrogens with zero attached hydrogens (tertiary/aromatic N) is 2. The van der Waals surface area contributed by atoms with Crippen LogP contribution in [0.4, 0.5) is 4.39 Å². The molecule has 0 aliphatic carbocycles. The van der Waals surface area contributed by atoms with E-state index < -0.39 is 5.97 Å². The number of aromatic nitrogens is 2. The molecule has 0 amide bonds. The van der Waals surface area contributed by atoms with Crippen molar-refractivity contribution in [1.29, 1.82) is 0 Å². The van der Waals surface area contributed by atoms with Crippen LogP contribution in [-0.2, 0) is 6.54 Å². The third-order valence-corrected chi connectivity index (χ3v) is 3.11. The van der Waals surface area contributed by atoms with Crippen LogP contribution in [0.15, 0.2) is 28.9 Å². The van der Waals surface area contributed by atoms with Gasteiger partial charge in [-0.2, -0.15) is 5.10 Å². The first-order chi connectivity index (χ1) is 8.47. The summed E-state index contributed by atoms with van der Waals surface area (Å²) in [6.45, 7) is 2.04. The van der Waals surface area contributed by atoms with Crippen molar-refractivity contribution in [3.63, 3.8) is 0 Å².